The summed E-state index contributed by atoms with van der Waals surface area (Å²) in [6, 6.07) is 7.37. The Kier molecular flexibility index (Phi) is 7.19. The van der Waals surface area contributed by atoms with Crippen molar-refractivity contribution in [2.75, 3.05) is 7.11 Å². The van der Waals surface area contributed by atoms with Crippen LogP contribution in [0.5, 0.6) is 0 Å². The summed E-state index contributed by atoms with van der Waals surface area (Å²) < 4.78 is 6.89. The van der Waals surface area contributed by atoms with Crippen molar-refractivity contribution in [3.05, 3.63) is 63.1 Å². The number of aryl methyl sites for hydroxylation is 2. The molecule has 0 saturated carbocycles. The highest BCUT2D eigenvalue weighted by molar-refractivity contribution is 8.04. The van der Waals surface area contributed by atoms with Crippen LogP contribution in [-0.2, 0) is 16.0 Å². The van der Waals surface area contributed by atoms with Crippen molar-refractivity contribution in [3.8, 4) is 5.69 Å². The normalized spacial score (nSPS) is 11.6. The highest BCUT2D eigenvalue weighted by Crippen LogP contribution is 2.30. The summed E-state index contributed by atoms with van der Waals surface area (Å²) in [4.78, 5) is 28.5. The van der Waals surface area contributed by atoms with Crippen molar-refractivity contribution in [2.24, 2.45) is 0 Å². The quantitative estimate of drug-likeness (QED) is 0.293. The molecule has 8 nitrogen and oxygen atoms in total. The Morgan fingerprint density at radius 3 is 2.69 bits per heavy atom. The molecule has 168 valence electrons. The molecule has 0 atom stereocenters. The summed E-state index contributed by atoms with van der Waals surface area (Å²) >= 11 is 1.01. The minimum absolute atomic E-state index is 0.118. The van der Waals surface area contributed by atoms with Gasteiger partial charge in [-0.3, -0.25) is 5.10 Å². The van der Waals surface area contributed by atoms with Crippen molar-refractivity contribution in [1.29, 1.82) is 0 Å². The van der Waals surface area contributed by atoms with E-state index >= 15 is 0 Å². The first kappa shape index (κ1) is 23.3. The number of benzene rings is 1. The van der Waals surface area contributed by atoms with E-state index in [1.807, 2.05) is 44.4 Å². The molecule has 0 fully saturated rings. The largest absolute Gasteiger partial charge is 0.477 e. The summed E-state index contributed by atoms with van der Waals surface area (Å²) in [6.07, 6.45) is 3.30. The molecule has 9 heteroatoms. The molecule has 32 heavy (non-hydrogen) atoms. The predicted molar refractivity (Wildman–Crippen MR) is 123 cm³/mol. The van der Waals surface area contributed by atoms with Crippen LogP contribution < -0.4 is 0 Å². The van der Waals surface area contributed by atoms with Gasteiger partial charge in [-0.05, 0) is 74.4 Å². The van der Waals surface area contributed by atoms with Gasteiger partial charge >= 0.3 is 11.9 Å². The van der Waals surface area contributed by atoms with Crippen LogP contribution in [0.3, 0.4) is 0 Å². The summed E-state index contributed by atoms with van der Waals surface area (Å²) in [7, 11) is 1.36. The zero-order valence-electron chi connectivity index (χ0n) is 18.7. The van der Waals surface area contributed by atoms with Gasteiger partial charge in [-0.15, -0.1) is 5.10 Å². The van der Waals surface area contributed by atoms with Crippen LogP contribution in [0, 0.1) is 20.8 Å². The van der Waals surface area contributed by atoms with Gasteiger partial charge in [0.25, 0.3) is 0 Å². The van der Waals surface area contributed by atoms with E-state index in [0.29, 0.717) is 10.7 Å². The number of carbonyl (C=O) groups is 2. The van der Waals surface area contributed by atoms with Crippen LogP contribution in [0.2, 0.25) is 0 Å². The van der Waals surface area contributed by atoms with E-state index in [2.05, 4.69) is 15.2 Å². The Labute approximate surface area is 190 Å². The Balaban J connectivity index is 2.01. The fraction of sp³-hybridized carbons (Fsp3) is 0.304. The van der Waals surface area contributed by atoms with Gasteiger partial charge < -0.3 is 14.4 Å². The van der Waals surface area contributed by atoms with Crippen molar-refractivity contribution < 1.29 is 19.4 Å². The highest BCUT2D eigenvalue weighted by Gasteiger charge is 2.19. The van der Waals surface area contributed by atoms with Gasteiger partial charge in [0.2, 0.25) is 5.16 Å². The maximum Gasteiger partial charge on any atom is 0.342 e. The molecule has 2 N–H and O–H groups in total. The van der Waals surface area contributed by atoms with Crippen LogP contribution in [0.25, 0.3) is 11.8 Å². The summed E-state index contributed by atoms with van der Waals surface area (Å²) in [5.41, 5.74) is 4.65. The van der Waals surface area contributed by atoms with Gasteiger partial charge in [-0.1, -0.05) is 13.0 Å². The zero-order chi connectivity index (χ0) is 23.4. The number of H-pyrrole nitrogens is 1. The van der Waals surface area contributed by atoms with Crippen molar-refractivity contribution in [1.82, 2.24) is 19.7 Å². The number of nitrogens with zero attached hydrogens (tertiary/aromatic N) is 3. The van der Waals surface area contributed by atoms with E-state index in [0.717, 1.165) is 58.6 Å². The number of hydrogen-bond acceptors (Lipinski definition) is 6. The van der Waals surface area contributed by atoms with Gasteiger partial charge in [0.15, 0.2) is 0 Å². The molecular formula is C23H26N4O4S. The number of hydrogen-bond donors (Lipinski definition) is 2. The summed E-state index contributed by atoms with van der Waals surface area (Å²) in [6.45, 7) is 7.76. The molecule has 0 aliphatic rings. The number of methoxy groups -OCH3 is 1. The monoisotopic (exact) mass is 454 g/mol. The number of aliphatic carboxylic acids is 1. The minimum Gasteiger partial charge on any atom is -0.477 e. The lowest BCUT2D eigenvalue weighted by Crippen LogP contribution is -2.08. The molecule has 0 aliphatic heterocycles. The lowest BCUT2D eigenvalue weighted by atomic mass is 10.1. The second-order valence-electron chi connectivity index (χ2n) is 7.33. The Morgan fingerprint density at radius 2 is 2.03 bits per heavy atom. The number of nitrogens with one attached hydrogen (secondary N) is 1. The molecule has 0 radical (unpaired) electrons. The molecule has 0 spiro atoms. The van der Waals surface area contributed by atoms with Crippen LogP contribution in [-0.4, -0.2) is 43.9 Å². The lowest BCUT2D eigenvalue weighted by molar-refractivity contribution is -0.131. The maximum atomic E-state index is 12.1. The predicted octanol–water partition coefficient (Wildman–Crippen LogP) is 4.48. The Hall–Kier alpha value is -3.33. The number of carbonyl (C=O) groups excluding carboxylic acids is 1. The van der Waals surface area contributed by atoms with Gasteiger partial charge in [0.05, 0.1) is 12.7 Å². The third-order valence-electron chi connectivity index (χ3n) is 5.12. The van der Waals surface area contributed by atoms with E-state index < -0.39 is 11.9 Å². The average molecular weight is 455 g/mol. The number of carboxylic acids is 1. The second-order valence-corrected chi connectivity index (χ2v) is 8.34. The third kappa shape index (κ3) is 4.77. The molecule has 0 aliphatic carbocycles. The number of rotatable bonds is 8. The molecule has 0 bridgehead atoms. The van der Waals surface area contributed by atoms with Gasteiger partial charge in [-0.2, -0.15) is 0 Å². The van der Waals surface area contributed by atoms with Crippen LogP contribution in [0.1, 0.15) is 52.0 Å². The van der Waals surface area contributed by atoms with Crippen molar-refractivity contribution in [3.63, 3.8) is 0 Å². The number of carboxylic acid groups (broad SMARTS) is 1. The number of esters is 1. The van der Waals surface area contributed by atoms with Crippen LogP contribution >= 0.6 is 11.8 Å². The fourth-order valence-corrected chi connectivity index (χ4v) is 4.26. The Morgan fingerprint density at radius 1 is 1.28 bits per heavy atom. The lowest BCUT2D eigenvalue weighted by Gasteiger charge is -2.15. The van der Waals surface area contributed by atoms with Gasteiger partial charge in [0.1, 0.15) is 10.7 Å². The van der Waals surface area contributed by atoms with Crippen LogP contribution in [0.15, 0.2) is 34.3 Å². The first-order valence-electron chi connectivity index (χ1n) is 10.2. The molecular weight excluding hydrogens is 428 g/mol. The number of aromatic amines is 1. The zero-order valence-corrected chi connectivity index (χ0v) is 19.5. The van der Waals surface area contributed by atoms with E-state index in [9.17, 15) is 14.7 Å². The number of aromatic nitrogens is 4. The standard InChI is InChI=1S/C23H26N4O4S/c1-6-8-20-24-23(26-25-20)32-19(21(28)29)12-16-11-13(2)27(15(16)4)18-10-7-9-17(14(18)3)22(30)31-5/h7,9-12H,6,8H2,1-5H3,(H,28,29)(H,24,25,26)/b19-12+. The Bertz CT molecular complexity index is 1190. The first-order chi connectivity index (χ1) is 15.3. The minimum atomic E-state index is -1.05. The second kappa shape index (κ2) is 9.86. The molecule has 1 aromatic carbocycles. The van der Waals surface area contributed by atoms with E-state index in [1.165, 1.54) is 7.11 Å². The smallest absolute Gasteiger partial charge is 0.342 e. The molecule has 3 rings (SSSR count). The van der Waals surface area contributed by atoms with Crippen molar-refractivity contribution >= 4 is 29.8 Å². The molecule has 0 amide bonds. The number of ether oxygens (including phenoxy) is 1. The SMILES string of the molecule is CCCc1nc(S/C(=C/c2cc(C)n(-c3cccc(C(=O)OC)c3C)c2C)C(=O)O)n[nH]1. The van der Waals surface area contributed by atoms with Crippen LogP contribution in [0.4, 0.5) is 0 Å². The molecule has 2 aromatic heterocycles. The fourth-order valence-electron chi connectivity index (χ4n) is 3.55. The molecule has 0 saturated heterocycles. The number of thioether (sulfide) groups is 1. The first-order valence-corrected chi connectivity index (χ1v) is 11.0. The average Bonchev–Trinajstić information content (AvgIpc) is 3.31. The molecule has 2 heterocycles. The third-order valence-corrected chi connectivity index (χ3v) is 6.00. The van der Waals surface area contributed by atoms with Gasteiger partial charge in [-0.25, -0.2) is 14.6 Å². The maximum absolute atomic E-state index is 12.1. The van der Waals surface area contributed by atoms with Crippen molar-refractivity contribution in [2.45, 2.75) is 45.7 Å². The highest BCUT2D eigenvalue weighted by atomic mass is 32.2. The molecule has 0 unspecified atom stereocenters. The van der Waals surface area contributed by atoms with E-state index in [-0.39, 0.29) is 4.91 Å². The topological polar surface area (TPSA) is 110 Å². The summed E-state index contributed by atoms with van der Waals surface area (Å²) in [5, 5.41) is 17.1. The molecule has 3 aromatic rings. The van der Waals surface area contributed by atoms with E-state index in [4.69, 9.17) is 4.74 Å². The van der Waals surface area contributed by atoms with E-state index in [1.54, 1.807) is 18.2 Å². The van der Waals surface area contributed by atoms with Gasteiger partial charge in [0, 0.05) is 23.5 Å². The summed E-state index contributed by atoms with van der Waals surface area (Å²) in [5.74, 6) is -0.713.